The lowest BCUT2D eigenvalue weighted by molar-refractivity contribution is -0.140. The number of esters is 1. The summed E-state index contributed by atoms with van der Waals surface area (Å²) in [5, 5.41) is 10.5. The van der Waals surface area contributed by atoms with Gasteiger partial charge in [-0.05, 0) is 69.1 Å². The van der Waals surface area contributed by atoms with Crippen LogP contribution in [-0.2, 0) is 14.3 Å². The number of aliphatic hydroxyl groups excluding tert-OH is 1. The molecule has 2 aliphatic carbocycles. The van der Waals surface area contributed by atoms with E-state index in [0.717, 1.165) is 57.8 Å². The summed E-state index contributed by atoms with van der Waals surface area (Å²) in [7, 11) is 1.42. The molecule has 5 atom stereocenters. The van der Waals surface area contributed by atoms with Crippen LogP contribution in [0.3, 0.4) is 0 Å². The van der Waals surface area contributed by atoms with Crippen LogP contribution >= 0.6 is 0 Å². The van der Waals surface area contributed by atoms with Crippen molar-refractivity contribution in [1.82, 2.24) is 0 Å². The van der Waals surface area contributed by atoms with Gasteiger partial charge in [0.15, 0.2) is 0 Å². The molecule has 1 N–H and O–H groups in total. The number of methoxy groups -OCH3 is 1. The molecule has 1 fully saturated rings. The third kappa shape index (κ3) is 6.58. The fourth-order valence-corrected chi connectivity index (χ4v) is 4.97. The molecular formula is C24H38O4. The first-order chi connectivity index (χ1) is 13.5. The second-order valence-electron chi connectivity index (χ2n) is 8.80. The molecule has 0 heterocycles. The predicted molar refractivity (Wildman–Crippen MR) is 112 cm³/mol. The highest BCUT2D eigenvalue weighted by atomic mass is 16.5. The molecule has 0 radical (unpaired) electrons. The fraction of sp³-hybridized carbons (Fsp3) is 0.750. The third-order valence-corrected chi connectivity index (χ3v) is 6.60. The highest BCUT2D eigenvalue weighted by Gasteiger charge is 2.47. The number of aliphatic hydroxyl groups is 1. The number of hydrogen-bond acceptors (Lipinski definition) is 4. The number of carbonyl (C=O) groups is 2. The molecule has 1 unspecified atom stereocenters. The standard InChI is InChI=1S/C24H38O4/c1-4-5-6-9-17(2)12-13-21(25)24-20-15-18(14-19(20)16-22(24)26)10-7-8-11-23(27)28-3/h4,14,17,19-20,22,24,26H,1,5-13,15-16H2,2-3H3/t17?,19-,20-,22+,24-/m1/s1. The van der Waals surface area contributed by atoms with Crippen molar-refractivity contribution < 1.29 is 19.4 Å². The van der Waals surface area contributed by atoms with E-state index < -0.39 is 6.10 Å². The van der Waals surface area contributed by atoms with Crippen molar-refractivity contribution in [2.75, 3.05) is 7.11 Å². The number of rotatable bonds is 13. The Morgan fingerprint density at radius 3 is 2.79 bits per heavy atom. The number of unbranched alkanes of at least 4 members (excludes halogenated alkanes) is 2. The second kappa shape index (κ2) is 11.5. The predicted octanol–water partition coefficient (Wildman–Crippen LogP) is 5.00. The van der Waals surface area contributed by atoms with Gasteiger partial charge in [-0.25, -0.2) is 0 Å². The van der Waals surface area contributed by atoms with Gasteiger partial charge in [-0.15, -0.1) is 6.58 Å². The van der Waals surface area contributed by atoms with Gasteiger partial charge in [0.2, 0.25) is 0 Å². The highest BCUT2D eigenvalue weighted by Crippen LogP contribution is 2.48. The molecule has 4 nitrogen and oxygen atoms in total. The summed E-state index contributed by atoms with van der Waals surface area (Å²) in [6.07, 6.45) is 13.5. The van der Waals surface area contributed by atoms with E-state index >= 15 is 0 Å². The molecule has 158 valence electrons. The number of allylic oxidation sites excluding steroid dienone is 3. The smallest absolute Gasteiger partial charge is 0.305 e. The Morgan fingerprint density at radius 2 is 2.07 bits per heavy atom. The van der Waals surface area contributed by atoms with E-state index in [1.54, 1.807) is 0 Å². The van der Waals surface area contributed by atoms with Crippen LogP contribution < -0.4 is 0 Å². The van der Waals surface area contributed by atoms with Crippen molar-refractivity contribution in [3.63, 3.8) is 0 Å². The summed E-state index contributed by atoms with van der Waals surface area (Å²) in [4.78, 5) is 24.1. The van der Waals surface area contributed by atoms with Crippen molar-refractivity contribution in [1.29, 1.82) is 0 Å². The molecule has 0 aromatic heterocycles. The van der Waals surface area contributed by atoms with Crippen LogP contribution in [-0.4, -0.2) is 30.1 Å². The number of hydrogen-bond donors (Lipinski definition) is 1. The summed E-state index contributed by atoms with van der Waals surface area (Å²) in [5.41, 5.74) is 1.40. The van der Waals surface area contributed by atoms with Crippen LogP contribution in [0.15, 0.2) is 24.3 Å². The van der Waals surface area contributed by atoms with Gasteiger partial charge in [0.05, 0.1) is 13.2 Å². The topological polar surface area (TPSA) is 63.6 Å². The Morgan fingerprint density at radius 1 is 1.29 bits per heavy atom. The SMILES string of the molecule is C=CCCCC(C)CCC(=O)[C@H]1[C@@H]2CC(CCCCC(=O)OC)=C[C@@H]2C[C@@H]1O. The average Bonchev–Trinajstić information content (AvgIpc) is 3.19. The largest absolute Gasteiger partial charge is 0.469 e. The molecular weight excluding hydrogens is 352 g/mol. The van der Waals surface area contributed by atoms with Crippen molar-refractivity contribution in [3.8, 4) is 0 Å². The Hall–Kier alpha value is -1.42. The molecule has 0 amide bonds. The van der Waals surface area contributed by atoms with Crippen LogP contribution in [0.5, 0.6) is 0 Å². The summed E-state index contributed by atoms with van der Waals surface area (Å²) < 4.78 is 4.68. The van der Waals surface area contributed by atoms with Gasteiger partial charge in [0.1, 0.15) is 5.78 Å². The summed E-state index contributed by atoms with van der Waals surface area (Å²) in [5.74, 6) is 1.11. The quantitative estimate of drug-likeness (QED) is 0.273. The van der Waals surface area contributed by atoms with Crippen LogP contribution in [0.1, 0.15) is 77.6 Å². The summed E-state index contributed by atoms with van der Waals surface area (Å²) in [6.45, 7) is 5.97. The Bertz CT molecular complexity index is 565. The molecule has 0 aliphatic heterocycles. The molecule has 0 aromatic rings. The van der Waals surface area contributed by atoms with Crippen molar-refractivity contribution in [3.05, 3.63) is 24.3 Å². The van der Waals surface area contributed by atoms with Crippen molar-refractivity contribution >= 4 is 11.8 Å². The lowest BCUT2D eigenvalue weighted by Crippen LogP contribution is -2.28. The van der Waals surface area contributed by atoms with Crippen molar-refractivity contribution in [2.45, 2.75) is 83.7 Å². The normalized spacial score (nSPS) is 27.2. The molecule has 1 saturated carbocycles. The first-order valence-corrected chi connectivity index (χ1v) is 11.0. The van der Waals surface area contributed by atoms with Crippen LogP contribution in [0.2, 0.25) is 0 Å². The molecule has 4 heteroatoms. The maximum Gasteiger partial charge on any atom is 0.305 e. The van der Waals surface area contributed by atoms with E-state index in [2.05, 4.69) is 24.3 Å². The Kier molecular flexibility index (Phi) is 9.43. The molecule has 0 aromatic carbocycles. The zero-order valence-electron chi connectivity index (χ0n) is 17.7. The highest BCUT2D eigenvalue weighted by molar-refractivity contribution is 5.82. The van der Waals surface area contributed by atoms with E-state index in [9.17, 15) is 14.7 Å². The molecule has 0 spiro atoms. The van der Waals surface area contributed by atoms with Gasteiger partial charge in [-0.3, -0.25) is 9.59 Å². The summed E-state index contributed by atoms with van der Waals surface area (Å²) >= 11 is 0. The van der Waals surface area contributed by atoms with Gasteiger partial charge in [-0.2, -0.15) is 0 Å². The fourth-order valence-electron chi connectivity index (χ4n) is 4.97. The number of carbonyl (C=O) groups excluding carboxylic acids is 2. The van der Waals surface area contributed by atoms with E-state index in [-0.39, 0.29) is 23.6 Å². The van der Waals surface area contributed by atoms with Crippen LogP contribution in [0, 0.1) is 23.7 Å². The lowest BCUT2D eigenvalue weighted by atomic mass is 9.83. The molecule has 28 heavy (non-hydrogen) atoms. The molecule has 2 rings (SSSR count). The molecule has 2 aliphatic rings. The third-order valence-electron chi connectivity index (χ3n) is 6.60. The second-order valence-corrected chi connectivity index (χ2v) is 8.80. The minimum absolute atomic E-state index is 0.148. The maximum absolute atomic E-state index is 12.9. The zero-order chi connectivity index (χ0) is 20.5. The summed E-state index contributed by atoms with van der Waals surface area (Å²) in [6, 6.07) is 0. The Labute approximate surface area is 170 Å². The number of fused-ring (bicyclic) bond motifs is 1. The first-order valence-electron chi connectivity index (χ1n) is 11.0. The number of ether oxygens (including phenoxy) is 1. The lowest BCUT2D eigenvalue weighted by Gasteiger charge is -2.21. The van der Waals surface area contributed by atoms with E-state index in [1.165, 1.54) is 12.7 Å². The van der Waals surface area contributed by atoms with E-state index in [4.69, 9.17) is 0 Å². The van der Waals surface area contributed by atoms with Gasteiger partial charge >= 0.3 is 5.97 Å². The van der Waals surface area contributed by atoms with Gasteiger partial charge in [0, 0.05) is 18.8 Å². The van der Waals surface area contributed by atoms with E-state index in [0.29, 0.717) is 24.7 Å². The number of ketones is 1. The first kappa shape index (κ1) is 22.9. The van der Waals surface area contributed by atoms with Crippen molar-refractivity contribution in [2.24, 2.45) is 23.7 Å². The van der Waals surface area contributed by atoms with E-state index in [1.807, 2.05) is 6.08 Å². The molecule has 0 saturated heterocycles. The van der Waals surface area contributed by atoms with Gasteiger partial charge in [0.25, 0.3) is 0 Å². The zero-order valence-corrected chi connectivity index (χ0v) is 17.7. The van der Waals surface area contributed by atoms with Crippen LogP contribution in [0.25, 0.3) is 0 Å². The van der Waals surface area contributed by atoms with Gasteiger partial charge < -0.3 is 9.84 Å². The van der Waals surface area contributed by atoms with Gasteiger partial charge in [-0.1, -0.05) is 31.1 Å². The maximum atomic E-state index is 12.9. The monoisotopic (exact) mass is 390 g/mol. The molecule has 0 bridgehead atoms. The Balaban J connectivity index is 1.75. The minimum atomic E-state index is -0.476. The van der Waals surface area contributed by atoms with Crippen LogP contribution in [0.4, 0.5) is 0 Å². The minimum Gasteiger partial charge on any atom is -0.469 e. The average molecular weight is 391 g/mol. The number of Topliss-reactive ketones (excluding diaryl/α,β-unsaturated/α-hetero) is 1.